The van der Waals surface area contributed by atoms with E-state index in [1.165, 1.54) is 0 Å². The van der Waals surface area contributed by atoms with E-state index in [1.807, 2.05) is 0 Å². The SMILES string of the molecule is O=P1(NCCCl)OCCC(SCCO)N1CCCl. The van der Waals surface area contributed by atoms with Gasteiger partial charge in [-0.1, -0.05) is 0 Å². The van der Waals surface area contributed by atoms with Crippen LogP contribution in [0.4, 0.5) is 0 Å². The summed E-state index contributed by atoms with van der Waals surface area (Å²) in [6, 6.07) is 0. The van der Waals surface area contributed by atoms with E-state index in [1.54, 1.807) is 16.4 Å². The average molecular weight is 337 g/mol. The molecule has 0 aromatic rings. The van der Waals surface area contributed by atoms with Crippen LogP contribution in [0.15, 0.2) is 0 Å². The fourth-order valence-corrected chi connectivity index (χ4v) is 5.71. The fraction of sp³-hybridized carbons (Fsp3) is 1.00. The van der Waals surface area contributed by atoms with E-state index in [0.29, 0.717) is 37.2 Å². The number of aliphatic hydroxyl groups is 1. The molecular formula is C9H19Cl2N2O3PS. The Hall–Kier alpha value is 1.00. The molecule has 2 N–H and O–H groups in total. The highest BCUT2D eigenvalue weighted by atomic mass is 35.5. The predicted molar refractivity (Wildman–Crippen MR) is 77.7 cm³/mol. The third kappa shape index (κ3) is 4.84. The lowest BCUT2D eigenvalue weighted by atomic mass is 10.4. The van der Waals surface area contributed by atoms with Gasteiger partial charge in [0.05, 0.1) is 18.6 Å². The highest BCUT2D eigenvalue weighted by Gasteiger charge is 2.40. The molecule has 2 atom stereocenters. The molecule has 5 nitrogen and oxygen atoms in total. The van der Waals surface area contributed by atoms with Crippen LogP contribution in [-0.2, 0) is 9.09 Å². The van der Waals surface area contributed by atoms with Gasteiger partial charge < -0.3 is 9.63 Å². The summed E-state index contributed by atoms with van der Waals surface area (Å²) in [5, 5.41) is 11.8. The van der Waals surface area contributed by atoms with Gasteiger partial charge in [0, 0.05) is 30.6 Å². The van der Waals surface area contributed by atoms with Crippen LogP contribution in [0.3, 0.4) is 0 Å². The number of hydrogen-bond donors (Lipinski definition) is 2. The summed E-state index contributed by atoms with van der Waals surface area (Å²) in [5.74, 6) is 1.36. The zero-order valence-corrected chi connectivity index (χ0v) is 13.3. The van der Waals surface area contributed by atoms with Crippen LogP contribution in [0.1, 0.15) is 6.42 Å². The summed E-state index contributed by atoms with van der Waals surface area (Å²) in [6.07, 6.45) is 0.772. The smallest absolute Gasteiger partial charge is 0.344 e. The van der Waals surface area contributed by atoms with Gasteiger partial charge in [0.15, 0.2) is 0 Å². The van der Waals surface area contributed by atoms with E-state index in [-0.39, 0.29) is 12.0 Å². The molecule has 1 fully saturated rings. The first-order chi connectivity index (χ1) is 8.68. The zero-order chi connectivity index (χ0) is 13.4. The molecule has 18 heavy (non-hydrogen) atoms. The van der Waals surface area contributed by atoms with Crippen LogP contribution in [0.5, 0.6) is 0 Å². The fourth-order valence-electron chi connectivity index (χ4n) is 1.71. The molecule has 0 spiro atoms. The van der Waals surface area contributed by atoms with E-state index < -0.39 is 7.67 Å². The highest BCUT2D eigenvalue weighted by molar-refractivity contribution is 8.00. The molecule has 0 bridgehead atoms. The standard InChI is InChI=1S/C9H19Cl2N2O3PS/c10-2-4-12-17(15)13(5-3-11)9(1-7-16-17)18-8-6-14/h9,14H,1-8H2,(H,12,15). The Labute approximate surface area is 122 Å². The Kier molecular flexibility index (Phi) is 8.56. The summed E-state index contributed by atoms with van der Waals surface area (Å²) in [5.41, 5.74) is 0. The largest absolute Gasteiger partial charge is 0.396 e. The Bertz CT molecular complexity index is 289. The van der Waals surface area contributed by atoms with Crippen molar-refractivity contribution in [2.45, 2.75) is 11.8 Å². The molecule has 1 saturated heterocycles. The van der Waals surface area contributed by atoms with Crippen molar-refractivity contribution in [3.05, 3.63) is 0 Å². The van der Waals surface area contributed by atoms with Crippen molar-refractivity contribution in [3.63, 3.8) is 0 Å². The van der Waals surface area contributed by atoms with Gasteiger partial charge in [-0.15, -0.1) is 35.0 Å². The van der Waals surface area contributed by atoms with E-state index in [0.717, 1.165) is 6.42 Å². The van der Waals surface area contributed by atoms with Crippen molar-refractivity contribution in [1.29, 1.82) is 0 Å². The normalized spacial score (nSPS) is 29.6. The average Bonchev–Trinajstić information content (AvgIpc) is 2.37. The summed E-state index contributed by atoms with van der Waals surface area (Å²) in [6.45, 7) is 1.46. The molecular weight excluding hydrogens is 318 g/mol. The van der Waals surface area contributed by atoms with Crippen molar-refractivity contribution < 1.29 is 14.2 Å². The first kappa shape index (κ1) is 17.1. The van der Waals surface area contributed by atoms with Crippen LogP contribution in [-0.4, -0.2) is 59.0 Å². The molecule has 1 aliphatic heterocycles. The van der Waals surface area contributed by atoms with Crippen molar-refractivity contribution in [2.24, 2.45) is 0 Å². The lowest BCUT2D eigenvalue weighted by Crippen LogP contribution is -2.42. The molecule has 0 aliphatic carbocycles. The quantitative estimate of drug-likeness (QED) is 0.521. The molecule has 1 aliphatic rings. The summed E-state index contributed by atoms with van der Waals surface area (Å²) < 4.78 is 19.9. The summed E-state index contributed by atoms with van der Waals surface area (Å²) >= 11 is 12.9. The number of nitrogens with one attached hydrogen (secondary N) is 1. The van der Waals surface area contributed by atoms with Gasteiger partial charge in [0.1, 0.15) is 0 Å². The summed E-state index contributed by atoms with van der Waals surface area (Å²) in [7, 11) is -3.04. The monoisotopic (exact) mass is 336 g/mol. The van der Waals surface area contributed by atoms with Crippen LogP contribution < -0.4 is 5.09 Å². The number of thioether (sulfide) groups is 1. The lowest BCUT2D eigenvalue weighted by molar-refractivity contribution is 0.191. The van der Waals surface area contributed by atoms with E-state index >= 15 is 0 Å². The molecule has 0 aromatic carbocycles. The zero-order valence-electron chi connectivity index (χ0n) is 10.1. The van der Waals surface area contributed by atoms with Crippen LogP contribution >= 0.6 is 42.6 Å². The highest BCUT2D eigenvalue weighted by Crippen LogP contribution is 2.53. The number of hydrogen-bond acceptors (Lipinski definition) is 4. The van der Waals surface area contributed by atoms with E-state index in [4.69, 9.17) is 32.8 Å². The molecule has 0 saturated carbocycles. The Morgan fingerprint density at radius 2 is 2.28 bits per heavy atom. The van der Waals surface area contributed by atoms with Crippen molar-refractivity contribution in [1.82, 2.24) is 9.76 Å². The molecule has 2 unspecified atom stereocenters. The van der Waals surface area contributed by atoms with Crippen LogP contribution in [0.2, 0.25) is 0 Å². The van der Waals surface area contributed by atoms with Gasteiger partial charge in [0.25, 0.3) is 0 Å². The molecule has 0 aromatic heterocycles. The van der Waals surface area contributed by atoms with Gasteiger partial charge in [0.2, 0.25) is 0 Å². The third-order valence-electron chi connectivity index (χ3n) is 2.42. The van der Waals surface area contributed by atoms with E-state index in [2.05, 4.69) is 5.09 Å². The van der Waals surface area contributed by atoms with Crippen LogP contribution in [0.25, 0.3) is 0 Å². The number of halogens is 2. The minimum atomic E-state index is -3.04. The van der Waals surface area contributed by atoms with Gasteiger partial charge in [-0.25, -0.2) is 9.76 Å². The Morgan fingerprint density at radius 1 is 1.50 bits per heavy atom. The predicted octanol–water partition coefficient (Wildman–Crippen LogP) is 1.94. The number of nitrogens with zero attached hydrogens (tertiary/aromatic N) is 1. The second-order valence-corrected chi connectivity index (χ2v) is 7.81. The van der Waals surface area contributed by atoms with Crippen molar-refractivity contribution in [3.8, 4) is 0 Å². The van der Waals surface area contributed by atoms with E-state index in [9.17, 15) is 4.57 Å². The number of rotatable bonds is 8. The topological polar surface area (TPSA) is 61.8 Å². The molecule has 108 valence electrons. The second kappa shape index (κ2) is 9.03. The van der Waals surface area contributed by atoms with Gasteiger partial charge in [-0.05, 0) is 6.42 Å². The number of alkyl halides is 2. The Balaban J connectivity index is 2.70. The first-order valence-electron chi connectivity index (χ1n) is 5.79. The van der Waals surface area contributed by atoms with Crippen molar-refractivity contribution in [2.75, 3.05) is 43.8 Å². The molecule has 9 heteroatoms. The maximum absolute atomic E-state index is 12.7. The summed E-state index contributed by atoms with van der Waals surface area (Å²) in [4.78, 5) is 0. The lowest BCUT2D eigenvalue weighted by Gasteiger charge is -2.40. The maximum atomic E-state index is 12.7. The maximum Gasteiger partial charge on any atom is 0.344 e. The molecule has 1 heterocycles. The van der Waals surface area contributed by atoms with Gasteiger partial charge >= 0.3 is 7.67 Å². The second-order valence-electron chi connectivity index (χ2n) is 3.64. The first-order valence-corrected chi connectivity index (χ1v) is 9.48. The van der Waals surface area contributed by atoms with Gasteiger partial charge in [-0.2, -0.15) is 0 Å². The minimum absolute atomic E-state index is 0.0540. The molecule has 1 rings (SSSR count). The molecule has 0 radical (unpaired) electrons. The minimum Gasteiger partial charge on any atom is -0.396 e. The Morgan fingerprint density at radius 3 is 2.89 bits per heavy atom. The third-order valence-corrected chi connectivity index (χ3v) is 6.54. The molecule has 0 amide bonds. The number of aliphatic hydroxyl groups excluding tert-OH is 1. The van der Waals surface area contributed by atoms with Crippen molar-refractivity contribution >= 4 is 42.6 Å². The van der Waals surface area contributed by atoms with Gasteiger partial charge in [-0.3, -0.25) is 4.57 Å². The van der Waals surface area contributed by atoms with Crippen LogP contribution in [0, 0.1) is 0 Å².